The number of aromatic nitrogens is 1. The largest absolute Gasteiger partial charge is 0.448 e. The van der Waals surface area contributed by atoms with Crippen molar-refractivity contribution in [3.8, 4) is 0 Å². The zero-order chi connectivity index (χ0) is 24.9. The first-order valence-corrected chi connectivity index (χ1v) is 12.1. The number of hydrogen-bond acceptors (Lipinski definition) is 7. The van der Waals surface area contributed by atoms with Crippen LogP contribution in [0.25, 0.3) is 0 Å². The van der Waals surface area contributed by atoms with Gasteiger partial charge in [-0.1, -0.05) is 18.2 Å². The Labute approximate surface area is 197 Å². The molecule has 3 rings (SSSR count). The molecule has 0 bridgehead atoms. The lowest BCUT2D eigenvalue weighted by atomic mass is 10.1. The highest BCUT2D eigenvalue weighted by Crippen LogP contribution is 2.20. The molecule has 0 aliphatic carbocycles. The lowest BCUT2D eigenvalue weighted by molar-refractivity contribution is -0.130. The smallest absolute Gasteiger partial charge is 0.355 e. The molecule has 2 heterocycles. The fourth-order valence-corrected chi connectivity index (χ4v) is 4.76. The number of para-hydroxylation sites is 1. The van der Waals surface area contributed by atoms with Gasteiger partial charge in [-0.05, 0) is 38.0 Å². The van der Waals surface area contributed by atoms with Crippen molar-refractivity contribution < 1.29 is 32.3 Å². The molecule has 12 heteroatoms. The number of rotatable bonds is 8. The number of esters is 1. The van der Waals surface area contributed by atoms with Gasteiger partial charge in [0.15, 0.2) is 6.10 Å². The van der Waals surface area contributed by atoms with Crippen molar-refractivity contribution in [3.63, 3.8) is 0 Å². The van der Waals surface area contributed by atoms with E-state index >= 15 is 0 Å². The number of hydrogen-bond donors (Lipinski definition) is 3. The van der Waals surface area contributed by atoms with Crippen LogP contribution in [0.15, 0.2) is 35.4 Å². The molecule has 1 aromatic carbocycles. The summed E-state index contributed by atoms with van der Waals surface area (Å²) in [6, 6.07) is 6.76. The van der Waals surface area contributed by atoms with Gasteiger partial charge in [-0.15, -0.1) is 0 Å². The topological polar surface area (TPSA) is 147 Å². The number of nitrogens with one attached hydrogen (secondary N) is 3. The van der Waals surface area contributed by atoms with E-state index in [9.17, 15) is 22.8 Å². The van der Waals surface area contributed by atoms with Crippen LogP contribution in [0.5, 0.6) is 0 Å². The number of carbonyl (C=O) groups is 3. The van der Waals surface area contributed by atoms with Gasteiger partial charge in [-0.2, -0.15) is 4.31 Å². The number of ether oxygens (including phenoxy) is 2. The molecular weight excluding hydrogens is 464 g/mol. The minimum Gasteiger partial charge on any atom is -0.448 e. The molecule has 11 nitrogen and oxygen atoms in total. The van der Waals surface area contributed by atoms with Crippen molar-refractivity contribution in [2.24, 2.45) is 0 Å². The van der Waals surface area contributed by atoms with E-state index in [4.69, 9.17) is 9.47 Å². The van der Waals surface area contributed by atoms with Crippen LogP contribution in [-0.4, -0.2) is 74.4 Å². The van der Waals surface area contributed by atoms with E-state index < -0.39 is 33.9 Å². The van der Waals surface area contributed by atoms with E-state index in [0.29, 0.717) is 18.9 Å². The lowest BCUT2D eigenvalue weighted by Gasteiger charge is -2.25. The molecule has 0 radical (unpaired) electrons. The molecule has 3 N–H and O–H groups in total. The highest BCUT2D eigenvalue weighted by molar-refractivity contribution is 7.89. The van der Waals surface area contributed by atoms with E-state index in [1.54, 1.807) is 0 Å². The number of amides is 2. The van der Waals surface area contributed by atoms with Crippen LogP contribution < -0.4 is 10.6 Å². The summed E-state index contributed by atoms with van der Waals surface area (Å²) in [4.78, 5) is 39.4. The Balaban J connectivity index is 1.52. The SMILES string of the molecule is Cc1cccc(C)c1NC(=O)CNC(=O)C(C)OC(=O)c1cc(S(=O)(=O)N2CCOCC2)c[nH]1. The maximum absolute atomic E-state index is 12.7. The first-order chi connectivity index (χ1) is 16.1. The van der Waals surface area contributed by atoms with Crippen molar-refractivity contribution in [2.75, 3.05) is 38.2 Å². The number of aryl methyl sites for hydroxylation is 2. The predicted molar refractivity (Wildman–Crippen MR) is 123 cm³/mol. The number of aromatic amines is 1. The van der Waals surface area contributed by atoms with E-state index in [1.165, 1.54) is 17.4 Å². The Morgan fingerprint density at radius 2 is 1.82 bits per heavy atom. The molecule has 1 saturated heterocycles. The van der Waals surface area contributed by atoms with Gasteiger partial charge >= 0.3 is 5.97 Å². The molecule has 184 valence electrons. The molecule has 0 spiro atoms. The minimum atomic E-state index is -3.78. The zero-order valence-electron chi connectivity index (χ0n) is 19.2. The second-order valence-electron chi connectivity index (χ2n) is 7.85. The first kappa shape index (κ1) is 25.4. The third kappa shape index (κ3) is 6.01. The van der Waals surface area contributed by atoms with Gasteiger partial charge in [-0.3, -0.25) is 9.59 Å². The van der Waals surface area contributed by atoms with Gasteiger partial charge in [0.2, 0.25) is 15.9 Å². The summed E-state index contributed by atoms with van der Waals surface area (Å²) in [5, 5.41) is 5.17. The number of nitrogens with zero attached hydrogens (tertiary/aromatic N) is 1. The van der Waals surface area contributed by atoms with Crippen molar-refractivity contribution >= 4 is 33.5 Å². The van der Waals surface area contributed by atoms with Crippen LogP contribution in [0.3, 0.4) is 0 Å². The van der Waals surface area contributed by atoms with Gasteiger partial charge in [0.05, 0.1) is 19.8 Å². The van der Waals surface area contributed by atoms with E-state index in [-0.39, 0.29) is 30.2 Å². The summed E-state index contributed by atoms with van der Waals surface area (Å²) in [5.41, 5.74) is 2.35. The third-order valence-electron chi connectivity index (χ3n) is 5.31. The Bertz CT molecular complexity index is 1150. The molecule has 1 unspecified atom stereocenters. The molecule has 2 aromatic rings. The number of anilines is 1. The standard InChI is InChI=1S/C22H28N4O7S/c1-14-5-4-6-15(2)20(14)25-19(27)13-24-21(28)16(3)33-22(29)18-11-17(12-23-18)34(30,31)26-7-9-32-10-8-26/h4-6,11-12,16,23H,7-10,13H2,1-3H3,(H,24,28)(H,25,27). The minimum absolute atomic E-state index is 0.0818. The molecule has 0 saturated carbocycles. The van der Waals surface area contributed by atoms with Crippen LogP contribution in [0.2, 0.25) is 0 Å². The molecule has 2 amide bonds. The fourth-order valence-electron chi connectivity index (χ4n) is 3.36. The Morgan fingerprint density at radius 3 is 2.47 bits per heavy atom. The first-order valence-electron chi connectivity index (χ1n) is 10.7. The van der Waals surface area contributed by atoms with Crippen LogP contribution in [-0.2, 0) is 29.1 Å². The average molecular weight is 493 g/mol. The van der Waals surface area contributed by atoms with Gasteiger partial charge in [0, 0.05) is 25.0 Å². The van der Waals surface area contributed by atoms with Gasteiger partial charge < -0.3 is 25.1 Å². The second-order valence-corrected chi connectivity index (χ2v) is 9.78. The third-order valence-corrected chi connectivity index (χ3v) is 7.18. The monoisotopic (exact) mass is 492 g/mol. The molecule has 1 aromatic heterocycles. The fraction of sp³-hybridized carbons (Fsp3) is 0.409. The molecule has 1 aliphatic heterocycles. The number of sulfonamides is 1. The Kier molecular flexibility index (Phi) is 8.07. The molecule has 34 heavy (non-hydrogen) atoms. The van der Waals surface area contributed by atoms with Crippen LogP contribution in [0, 0.1) is 13.8 Å². The van der Waals surface area contributed by atoms with Crippen molar-refractivity contribution in [1.82, 2.24) is 14.6 Å². The molecule has 1 aliphatic rings. The average Bonchev–Trinajstić information content (AvgIpc) is 3.32. The highest BCUT2D eigenvalue weighted by Gasteiger charge is 2.29. The van der Waals surface area contributed by atoms with E-state index in [0.717, 1.165) is 17.2 Å². The quantitative estimate of drug-likeness (QED) is 0.465. The summed E-state index contributed by atoms with van der Waals surface area (Å²) in [5.74, 6) is -1.99. The second kappa shape index (κ2) is 10.8. The Morgan fingerprint density at radius 1 is 1.18 bits per heavy atom. The van der Waals surface area contributed by atoms with Crippen LogP contribution >= 0.6 is 0 Å². The van der Waals surface area contributed by atoms with E-state index in [2.05, 4.69) is 15.6 Å². The molecular formula is C22H28N4O7S. The molecule has 1 fully saturated rings. The predicted octanol–water partition coefficient (Wildman–Crippen LogP) is 0.953. The number of H-pyrrole nitrogens is 1. The van der Waals surface area contributed by atoms with Gasteiger partial charge in [0.25, 0.3) is 5.91 Å². The summed E-state index contributed by atoms with van der Waals surface area (Å²) < 4.78 is 36.9. The maximum Gasteiger partial charge on any atom is 0.355 e. The summed E-state index contributed by atoms with van der Waals surface area (Å²) in [6.45, 7) is 5.82. The maximum atomic E-state index is 12.7. The van der Waals surface area contributed by atoms with Crippen LogP contribution in [0.1, 0.15) is 28.5 Å². The number of morpholine rings is 1. The summed E-state index contributed by atoms with van der Waals surface area (Å²) >= 11 is 0. The normalized spacial score (nSPS) is 15.4. The summed E-state index contributed by atoms with van der Waals surface area (Å²) in [6.07, 6.45) is -0.00703. The highest BCUT2D eigenvalue weighted by atomic mass is 32.2. The Hall–Kier alpha value is -3.22. The number of benzene rings is 1. The van der Waals surface area contributed by atoms with Gasteiger partial charge in [-0.25, -0.2) is 13.2 Å². The van der Waals surface area contributed by atoms with Crippen LogP contribution in [0.4, 0.5) is 5.69 Å². The number of carbonyl (C=O) groups excluding carboxylic acids is 3. The summed E-state index contributed by atoms with van der Waals surface area (Å²) in [7, 11) is -3.78. The van der Waals surface area contributed by atoms with Crippen molar-refractivity contribution in [1.29, 1.82) is 0 Å². The lowest BCUT2D eigenvalue weighted by Crippen LogP contribution is -2.40. The zero-order valence-corrected chi connectivity index (χ0v) is 20.0. The van der Waals surface area contributed by atoms with E-state index in [1.807, 2.05) is 32.0 Å². The van der Waals surface area contributed by atoms with Gasteiger partial charge in [0.1, 0.15) is 10.6 Å². The van der Waals surface area contributed by atoms with Crippen molar-refractivity contribution in [3.05, 3.63) is 47.3 Å². The molecule has 1 atom stereocenters. The van der Waals surface area contributed by atoms with Crippen molar-refractivity contribution in [2.45, 2.75) is 31.8 Å².